The third kappa shape index (κ3) is 8.05. The number of methoxy groups -OCH3 is 2. The molecule has 138 valence electrons. The van der Waals surface area contributed by atoms with E-state index in [9.17, 15) is 0 Å². The Morgan fingerprint density at radius 1 is 1.12 bits per heavy atom. The maximum atomic E-state index is 5.92. The van der Waals surface area contributed by atoms with Crippen LogP contribution in [0, 0.1) is 0 Å². The summed E-state index contributed by atoms with van der Waals surface area (Å²) in [5.74, 6) is 1.76. The monoisotopic (exact) mass is 450 g/mol. The van der Waals surface area contributed by atoms with Crippen molar-refractivity contribution in [1.82, 2.24) is 4.90 Å². The van der Waals surface area contributed by atoms with Crippen LogP contribution in [-0.2, 0) is 0 Å². The van der Waals surface area contributed by atoms with Crippen LogP contribution in [0.5, 0.6) is 11.5 Å². The van der Waals surface area contributed by atoms with E-state index in [1.165, 1.54) is 0 Å². The molecule has 3 N–H and O–H groups in total. The predicted molar refractivity (Wildman–Crippen MR) is 112 cm³/mol. The van der Waals surface area contributed by atoms with Crippen LogP contribution in [0.1, 0.15) is 26.7 Å². The first kappa shape index (κ1) is 22.8. The normalized spacial score (nSPS) is 11.1. The van der Waals surface area contributed by atoms with E-state index in [1.807, 2.05) is 18.2 Å². The Bertz CT molecular complexity index is 493. The molecule has 0 amide bonds. The van der Waals surface area contributed by atoms with Gasteiger partial charge < -0.3 is 25.4 Å². The van der Waals surface area contributed by atoms with Crippen LogP contribution in [0.3, 0.4) is 0 Å². The van der Waals surface area contributed by atoms with Crippen molar-refractivity contribution in [2.45, 2.75) is 26.7 Å². The second-order valence-electron chi connectivity index (χ2n) is 5.20. The summed E-state index contributed by atoms with van der Waals surface area (Å²) in [4.78, 5) is 6.77. The van der Waals surface area contributed by atoms with Crippen LogP contribution in [0.2, 0.25) is 0 Å². The van der Waals surface area contributed by atoms with Gasteiger partial charge in [0.15, 0.2) is 17.5 Å². The highest BCUT2D eigenvalue weighted by Gasteiger charge is 2.05. The number of nitrogens with two attached hydrogens (primary N) is 1. The maximum Gasteiger partial charge on any atom is 0.193 e. The van der Waals surface area contributed by atoms with Crippen molar-refractivity contribution < 1.29 is 9.47 Å². The Balaban J connectivity index is 0.00000529. The fourth-order valence-corrected chi connectivity index (χ4v) is 2.29. The summed E-state index contributed by atoms with van der Waals surface area (Å²) in [6.07, 6.45) is 2.17. The molecule has 0 aliphatic carbocycles. The molecule has 6 nitrogen and oxygen atoms in total. The smallest absolute Gasteiger partial charge is 0.193 e. The van der Waals surface area contributed by atoms with Crippen molar-refractivity contribution >= 4 is 35.6 Å². The summed E-state index contributed by atoms with van der Waals surface area (Å²) in [7, 11) is 3.22. The molecule has 24 heavy (non-hydrogen) atoms. The van der Waals surface area contributed by atoms with Gasteiger partial charge in [-0.15, -0.1) is 24.0 Å². The van der Waals surface area contributed by atoms with Gasteiger partial charge in [-0.1, -0.05) is 13.8 Å². The minimum atomic E-state index is 0. The molecular weight excluding hydrogens is 419 g/mol. The Hall–Kier alpha value is -1.22. The molecule has 0 aliphatic heterocycles. The van der Waals surface area contributed by atoms with Crippen LogP contribution in [0.15, 0.2) is 23.2 Å². The molecule has 0 unspecified atom stereocenters. The van der Waals surface area contributed by atoms with Crippen molar-refractivity contribution in [2.75, 3.05) is 45.7 Å². The minimum absolute atomic E-state index is 0. The van der Waals surface area contributed by atoms with E-state index in [-0.39, 0.29) is 24.0 Å². The molecule has 0 saturated carbocycles. The van der Waals surface area contributed by atoms with Gasteiger partial charge in [0.2, 0.25) is 0 Å². The molecule has 0 bridgehead atoms. The number of rotatable bonds is 10. The predicted octanol–water partition coefficient (Wildman–Crippen LogP) is 3.17. The van der Waals surface area contributed by atoms with E-state index in [2.05, 4.69) is 29.1 Å². The minimum Gasteiger partial charge on any atom is -0.493 e. The van der Waals surface area contributed by atoms with Crippen molar-refractivity contribution in [3.05, 3.63) is 18.2 Å². The molecule has 0 aromatic heterocycles. The number of hydrogen-bond acceptors (Lipinski definition) is 4. The number of aliphatic imine (C=N–C) groups is 1. The molecule has 0 spiro atoms. The molecule has 0 fully saturated rings. The zero-order valence-electron chi connectivity index (χ0n) is 15.2. The van der Waals surface area contributed by atoms with Gasteiger partial charge >= 0.3 is 0 Å². The van der Waals surface area contributed by atoms with Gasteiger partial charge in [0, 0.05) is 18.3 Å². The largest absolute Gasteiger partial charge is 0.493 e. The average Bonchev–Trinajstić information content (AvgIpc) is 2.58. The lowest BCUT2D eigenvalue weighted by Gasteiger charge is -2.17. The van der Waals surface area contributed by atoms with Crippen molar-refractivity contribution in [2.24, 2.45) is 10.7 Å². The zero-order valence-corrected chi connectivity index (χ0v) is 17.5. The molecule has 0 aliphatic rings. The number of ether oxygens (including phenoxy) is 2. The van der Waals surface area contributed by atoms with E-state index >= 15 is 0 Å². The number of nitrogens with zero attached hydrogens (tertiary/aromatic N) is 2. The molecule has 0 heterocycles. The van der Waals surface area contributed by atoms with Crippen molar-refractivity contribution in [3.63, 3.8) is 0 Å². The number of halogens is 1. The molecule has 0 atom stereocenters. The lowest BCUT2D eigenvalue weighted by molar-refractivity contribution is 0.298. The number of benzene rings is 1. The topological polar surface area (TPSA) is 72.1 Å². The third-order valence-electron chi connectivity index (χ3n) is 3.71. The molecule has 0 saturated heterocycles. The summed E-state index contributed by atoms with van der Waals surface area (Å²) >= 11 is 0. The van der Waals surface area contributed by atoms with Gasteiger partial charge in [0.25, 0.3) is 0 Å². The fourth-order valence-electron chi connectivity index (χ4n) is 2.29. The van der Waals surface area contributed by atoms with Crippen LogP contribution in [0.25, 0.3) is 0 Å². The van der Waals surface area contributed by atoms with Crippen LogP contribution in [-0.4, -0.2) is 51.3 Å². The van der Waals surface area contributed by atoms with Gasteiger partial charge in [0.1, 0.15) is 0 Å². The fraction of sp³-hybridized carbons (Fsp3) is 0.588. The SMILES string of the molecule is CCN(CC)CCCCN=C(N)Nc1ccc(OC)c(OC)c1.I. The van der Waals surface area contributed by atoms with Gasteiger partial charge in [-0.25, -0.2) is 0 Å². The third-order valence-corrected chi connectivity index (χ3v) is 3.71. The van der Waals surface area contributed by atoms with Crippen LogP contribution < -0.4 is 20.5 Å². The molecule has 1 rings (SSSR count). The highest BCUT2D eigenvalue weighted by atomic mass is 127. The number of unbranched alkanes of at least 4 members (excludes halogenated alkanes) is 1. The maximum absolute atomic E-state index is 5.92. The van der Waals surface area contributed by atoms with E-state index in [0.717, 1.165) is 44.7 Å². The second-order valence-corrected chi connectivity index (χ2v) is 5.20. The van der Waals surface area contributed by atoms with Gasteiger partial charge in [0.05, 0.1) is 14.2 Å². The quantitative estimate of drug-likeness (QED) is 0.248. The molecule has 7 heteroatoms. The Kier molecular flexibility index (Phi) is 12.4. The Morgan fingerprint density at radius 3 is 2.38 bits per heavy atom. The van der Waals surface area contributed by atoms with Crippen LogP contribution in [0.4, 0.5) is 5.69 Å². The summed E-state index contributed by atoms with van der Waals surface area (Å²) in [6, 6.07) is 5.55. The van der Waals surface area contributed by atoms with Gasteiger partial charge in [-0.2, -0.15) is 0 Å². The number of hydrogen-bond donors (Lipinski definition) is 2. The summed E-state index contributed by atoms with van der Waals surface area (Å²) < 4.78 is 10.5. The number of nitrogens with one attached hydrogen (secondary N) is 1. The second kappa shape index (κ2) is 13.1. The zero-order chi connectivity index (χ0) is 17.1. The molecular formula is C17H31IN4O2. The van der Waals surface area contributed by atoms with Gasteiger partial charge in [-0.05, 0) is 44.6 Å². The summed E-state index contributed by atoms with van der Waals surface area (Å²) in [5.41, 5.74) is 6.74. The van der Waals surface area contributed by atoms with E-state index < -0.39 is 0 Å². The lowest BCUT2D eigenvalue weighted by atomic mass is 10.2. The highest BCUT2D eigenvalue weighted by Crippen LogP contribution is 2.29. The molecule has 1 aromatic carbocycles. The number of anilines is 1. The average molecular weight is 450 g/mol. The first-order chi connectivity index (χ1) is 11.1. The molecule has 0 radical (unpaired) electrons. The Morgan fingerprint density at radius 2 is 1.79 bits per heavy atom. The number of guanidine groups is 1. The lowest BCUT2D eigenvalue weighted by Crippen LogP contribution is -2.24. The Labute approximate surface area is 162 Å². The molecule has 1 aromatic rings. The van der Waals surface area contributed by atoms with Crippen LogP contribution >= 0.6 is 24.0 Å². The van der Waals surface area contributed by atoms with E-state index in [1.54, 1.807) is 14.2 Å². The first-order valence-corrected chi connectivity index (χ1v) is 8.15. The summed E-state index contributed by atoms with van der Waals surface area (Å²) in [5, 5.41) is 3.07. The van der Waals surface area contributed by atoms with E-state index in [0.29, 0.717) is 17.5 Å². The highest BCUT2D eigenvalue weighted by molar-refractivity contribution is 14.0. The summed E-state index contributed by atoms with van der Waals surface area (Å²) in [6.45, 7) is 8.42. The van der Waals surface area contributed by atoms with Gasteiger partial charge in [-0.3, -0.25) is 4.99 Å². The van der Waals surface area contributed by atoms with Crippen molar-refractivity contribution in [1.29, 1.82) is 0 Å². The first-order valence-electron chi connectivity index (χ1n) is 8.15. The van der Waals surface area contributed by atoms with Crippen molar-refractivity contribution in [3.8, 4) is 11.5 Å². The standard InChI is InChI=1S/C17H30N4O2.HI/c1-5-21(6-2)12-8-7-11-19-17(18)20-14-9-10-15(22-3)16(13-14)23-4;/h9-10,13H,5-8,11-12H2,1-4H3,(H3,18,19,20);1H. The van der Waals surface area contributed by atoms with E-state index in [4.69, 9.17) is 15.2 Å².